The molecule has 0 heterocycles. The molecule has 0 spiro atoms. The summed E-state index contributed by atoms with van der Waals surface area (Å²) >= 11 is 0. The number of nitrogens with zero attached hydrogens (tertiary/aromatic N) is 1. The summed E-state index contributed by atoms with van der Waals surface area (Å²) in [6.07, 6.45) is 0. The molecule has 0 aliphatic heterocycles. The molecule has 110 valence electrons. The molecule has 2 aromatic rings. The van der Waals surface area contributed by atoms with E-state index in [0.717, 1.165) is 11.1 Å². The number of sulfonamides is 1. The van der Waals surface area contributed by atoms with E-state index >= 15 is 0 Å². The van der Waals surface area contributed by atoms with E-state index in [1.807, 2.05) is 43.3 Å². The molecule has 0 saturated heterocycles. The first-order valence-electron chi connectivity index (χ1n) is 6.41. The van der Waals surface area contributed by atoms with Crippen molar-refractivity contribution in [3.05, 3.63) is 65.7 Å². The number of nitrogens with two attached hydrogens (primary N) is 1. The van der Waals surface area contributed by atoms with E-state index in [1.165, 1.54) is 6.07 Å². The highest BCUT2D eigenvalue weighted by Crippen LogP contribution is 2.10. The van der Waals surface area contributed by atoms with Crippen LogP contribution in [0.2, 0.25) is 0 Å². The normalized spacial score (nSPS) is 12.1. The van der Waals surface area contributed by atoms with Crippen molar-refractivity contribution in [2.75, 3.05) is 0 Å². The quantitative estimate of drug-likeness (QED) is 0.667. The Hall–Kier alpha value is -2.34. The first kappa shape index (κ1) is 15.1. The molecule has 0 amide bonds. The summed E-state index contributed by atoms with van der Waals surface area (Å²) in [5.74, 6) is -0.125. The van der Waals surface area contributed by atoms with Gasteiger partial charge in [-0.3, -0.25) is 0 Å². The molecule has 0 atom stereocenters. The van der Waals surface area contributed by atoms with Gasteiger partial charge in [-0.2, -0.15) is 0 Å². The van der Waals surface area contributed by atoms with E-state index in [9.17, 15) is 8.42 Å². The van der Waals surface area contributed by atoms with Crippen LogP contribution in [0, 0.1) is 6.92 Å². The lowest BCUT2D eigenvalue weighted by Crippen LogP contribution is -2.36. The minimum Gasteiger partial charge on any atom is -0.369 e. The molecular formula is C15H17N3O2S. The van der Waals surface area contributed by atoms with Crippen molar-refractivity contribution >= 4 is 16.0 Å². The molecule has 0 aliphatic rings. The molecule has 3 N–H and O–H groups in total. The Balaban J connectivity index is 2.09. The third-order valence-corrected chi connectivity index (χ3v) is 4.17. The smallest absolute Gasteiger partial charge is 0.264 e. The number of hydrogen-bond donors (Lipinski definition) is 2. The van der Waals surface area contributed by atoms with Gasteiger partial charge >= 0.3 is 0 Å². The number of rotatable bonds is 4. The first-order valence-corrected chi connectivity index (χ1v) is 7.89. The van der Waals surface area contributed by atoms with Crippen LogP contribution in [0.4, 0.5) is 0 Å². The summed E-state index contributed by atoms with van der Waals surface area (Å²) in [4.78, 5) is 4.20. The number of aryl methyl sites for hydroxylation is 1. The number of hydrogen-bond acceptors (Lipinski definition) is 3. The summed E-state index contributed by atoms with van der Waals surface area (Å²) < 4.78 is 26.5. The van der Waals surface area contributed by atoms with E-state index in [0.29, 0.717) is 6.54 Å². The van der Waals surface area contributed by atoms with Gasteiger partial charge in [-0.05, 0) is 30.2 Å². The highest BCUT2D eigenvalue weighted by atomic mass is 32.2. The van der Waals surface area contributed by atoms with Gasteiger partial charge in [-0.15, -0.1) is 0 Å². The summed E-state index contributed by atoms with van der Waals surface area (Å²) in [6.45, 7) is 2.15. The number of aliphatic imine (C=N–C) groups is 1. The Morgan fingerprint density at radius 1 is 1.14 bits per heavy atom. The molecule has 0 saturated carbocycles. The molecule has 0 fully saturated rings. The van der Waals surface area contributed by atoms with E-state index in [2.05, 4.69) is 9.71 Å². The average molecular weight is 303 g/mol. The van der Waals surface area contributed by atoms with E-state index in [-0.39, 0.29) is 10.9 Å². The molecule has 0 radical (unpaired) electrons. The molecule has 0 bridgehead atoms. The highest BCUT2D eigenvalue weighted by molar-refractivity contribution is 7.90. The predicted molar refractivity (Wildman–Crippen MR) is 83.3 cm³/mol. The van der Waals surface area contributed by atoms with Crippen LogP contribution in [-0.4, -0.2) is 14.4 Å². The third kappa shape index (κ3) is 4.32. The summed E-state index contributed by atoms with van der Waals surface area (Å²) in [5, 5.41) is 0. The maximum Gasteiger partial charge on any atom is 0.264 e. The fraction of sp³-hybridized carbons (Fsp3) is 0.133. The van der Waals surface area contributed by atoms with Gasteiger partial charge < -0.3 is 5.73 Å². The van der Waals surface area contributed by atoms with Crippen molar-refractivity contribution in [1.82, 2.24) is 4.72 Å². The van der Waals surface area contributed by atoms with Crippen LogP contribution in [0.3, 0.4) is 0 Å². The topological polar surface area (TPSA) is 84.5 Å². The van der Waals surface area contributed by atoms with Crippen molar-refractivity contribution in [3.63, 3.8) is 0 Å². The molecule has 0 aliphatic carbocycles. The molecule has 6 heteroatoms. The zero-order chi connectivity index (χ0) is 15.3. The SMILES string of the molecule is Cc1cccc(S(=O)(=O)NC(N)=NCc2ccccc2)c1. The lowest BCUT2D eigenvalue weighted by molar-refractivity contribution is 0.592. The molecular weight excluding hydrogens is 286 g/mol. The van der Waals surface area contributed by atoms with Crippen LogP contribution < -0.4 is 10.5 Å². The maximum absolute atomic E-state index is 12.1. The lowest BCUT2D eigenvalue weighted by atomic mass is 10.2. The van der Waals surface area contributed by atoms with E-state index in [1.54, 1.807) is 12.1 Å². The number of nitrogens with one attached hydrogen (secondary N) is 1. The minimum absolute atomic E-state index is 0.125. The minimum atomic E-state index is -3.69. The average Bonchev–Trinajstić information content (AvgIpc) is 2.46. The lowest BCUT2D eigenvalue weighted by Gasteiger charge is -2.08. The monoisotopic (exact) mass is 303 g/mol. The van der Waals surface area contributed by atoms with Gasteiger partial charge in [-0.25, -0.2) is 18.1 Å². The Morgan fingerprint density at radius 2 is 1.86 bits per heavy atom. The molecule has 21 heavy (non-hydrogen) atoms. The van der Waals surface area contributed by atoms with E-state index < -0.39 is 10.0 Å². The second-order valence-corrected chi connectivity index (χ2v) is 6.29. The van der Waals surface area contributed by atoms with Crippen molar-refractivity contribution in [3.8, 4) is 0 Å². The largest absolute Gasteiger partial charge is 0.369 e. The molecule has 2 rings (SSSR count). The van der Waals surface area contributed by atoms with Crippen LogP contribution in [0.25, 0.3) is 0 Å². The third-order valence-electron chi connectivity index (χ3n) is 2.81. The summed E-state index contributed by atoms with van der Waals surface area (Å²) in [7, 11) is -3.69. The van der Waals surface area contributed by atoms with Gasteiger partial charge in [-0.1, -0.05) is 42.5 Å². The molecule has 5 nitrogen and oxygen atoms in total. The zero-order valence-corrected chi connectivity index (χ0v) is 12.5. The summed E-state index contributed by atoms with van der Waals surface area (Å²) in [5.41, 5.74) is 7.46. The van der Waals surface area contributed by atoms with Crippen molar-refractivity contribution < 1.29 is 8.42 Å². The molecule has 0 unspecified atom stereocenters. The van der Waals surface area contributed by atoms with Crippen LogP contribution in [0.1, 0.15) is 11.1 Å². The van der Waals surface area contributed by atoms with Crippen LogP contribution in [0.5, 0.6) is 0 Å². The fourth-order valence-electron chi connectivity index (χ4n) is 1.77. The Bertz CT molecular complexity index is 741. The summed E-state index contributed by atoms with van der Waals surface area (Å²) in [6, 6.07) is 16.1. The Morgan fingerprint density at radius 3 is 2.52 bits per heavy atom. The Kier molecular flexibility index (Phi) is 4.59. The van der Waals surface area contributed by atoms with Crippen molar-refractivity contribution in [2.45, 2.75) is 18.4 Å². The number of benzene rings is 2. The number of guanidine groups is 1. The predicted octanol–water partition coefficient (Wildman–Crippen LogP) is 1.79. The van der Waals surface area contributed by atoms with Gasteiger partial charge in [0.05, 0.1) is 11.4 Å². The first-order chi connectivity index (χ1) is 9.97. The zero-order valence-electron chi connectivity index (χ0n) is 11.7. The Labute approximate surface area is 124 Å². The molecule has 2 aromatic carbocycles. The van der Waals surface area contributed by atoms with Crippen molar-refractivity contribution in [1.29, 1.82) is 0 Å². The van der Waals surface area contributed by atoms with Gasteiger partial charge in [0.2, 0.25) is 5.96 Å². The second kappa shape index (κ2) is 6.41. The van der Waals surface area contributed by atoms with Gasteiger partial charge in [0, 0.05) is 0 Å². The van der Waals surface area contributed by atoms with Gasteiger partial charge in [0.1, 0.15) is 0 Å². The van der Waals surface area contributed by atoms with Crippen LogP contribution >= 0.6 is 0 Å². The second-order valence-electron chi connectivity index (χ2n) is 4.61. The standard InChI is InChI=1S/C15H17N3O2S/c1-12-6-5-9-14(10-12)21(19,20)18-15(16)17-11-13-7-3-2-4-8-13/h2-10H,11H2,1H3,(H3,16,17,18). The maximum atomic E-state index is 12.1. The highest BCUT2D eigenvalue weighted by Gasteiger charge is 2.14. The van der Waals surface area contributed by atoms with E-state index in [4.69, 9.17) is 5.73 Å². The molecule has 0 aromatic heterocycles. The fourth-order valence-corrected chi connectivity index (χ4v) is 2.83. The van der Waals surface area contributed by atoms with Gasteiger partial charge in [0.15, 0.2) is 0 Å². The van der Waals surface area contributed by atoms with Gasteiger partial charge in [0.25, 0.3) is 10.0 Å². The van der Waals surface area contributed by atoms with Crippen LogP contribution in [0.15, 0.2) is 64.5 Å². The van der Waals surface area contributed by atoms with Crippen LogP contribution in [-0.2, 0) is 16.6 Å². The van der Waals surface area contributed by atoms with Crippen molar-refractivity contribution in [2.24, 2.45) is 10.7 Å².